The van der Waals surface area contributed by atoms with Crippen molar-refractivity contribution in [1.29, 1.82) is 0 Å². The molecule has 166 valence electrons. The lowest BCUT2D eigenvalue weighted by molar-refractivity contribution is -0.140. The van der Waals surface area contributed by atoms with Crippen LogP contribution in [0.25, 0.3) is 6.08 Å². The Labute approximate surface area is 197 Å². The minimum Gasteiger partial charge on any atom is -0.480 e. The van der Waals surface area contributed by atoms with Crippen LogP contribution in [0.15, 0.2) is 78.5 Å². The number of rotatable bonds is 6. The van der Waals surface area contributed by atoms with E-state index >= 15 is 0 Å². The summed E-state index contributed by atoms with van der Waals surface area (Å²) in [7, 11) is 0. The molecule has 3 aromatic carbocycles. The largest absolute Gasteiger partial charge is 0.480 e. The molecule has 7 heteroatoms. The number of thiocarbonyl (C=S) groups is 1. The van der Waals surface area contributed by atoms with E-state index in [0.717, 1.165) is 27.5 Å². The Hall–Kier alpha value is -3.97. The van der Waals surface area contributed by atoms with Crippen LogP contribution in [0.5, 0.6) is 0 Å². The van der Waals surface area contributed by atoms with Crippen molar-refractivity contribution in [2.24, 2.45) is 0 Å². The molecule has 4 rings (SSSR count). The summed E-state index contributed by atoms with van der Waals surface area (Å²) in [4.78, 5) is 26.7. The summed E-state index contributed by atoms with van der Waals surface area (Å²) in [5, 5.41) is 11.9. The third-order valence-corrected chi connectivity index (χ3v) is 5.62. The van der Waals surface area contributed by atoms with Crippen LogP contribution in [0.2, 0.25) is 0 Å². The van der Waals surface area contributed by atoms with Crippen LogP contribution in [0.1, 0.15) is 16.7 Å². The Morgan fingerprint density at radius 3 is 1.82 bits per heavy atom. The highest BCUT2D eigenvalue weighted by atomic mass is 32.1. The zero-order valence-electron chi connectivity index (χ0n) is 18.3. The van der Waals surface area contributed by atoms with E-state index in [-0.39, 0.29) is 10.8 Å². The number of carboxylic acids is 1. The first kappa shape index (κ1) is 22.2. The number of nitrogens with one attached hydrogen (secondary N) is 1. The van der Waals surface area contributed by atoms with Crippen molar-refractivity contribution in [1.82, 2.24) is 10.2 Å². The summed E-state index contributed by atoms with van der Waals surface area (Å²) >= 11 is 5.09. The van der Waals surface area contributed by atoms with Gasteiger partial charge in [-0.3, -0.25) is 14.5 Å². The number of benzene rings is 3. The average molecular weight is 458 g/mol. The third kappa shape index (κ3) is 4.94. The Morgan fingerprint density at radius 1 is 0.909 bits per heavy atom. The maximum Gasteiger partial charge on any atom is 0.323 e. The van der Waals surface area contributed by atoms with Gasteiger partial charge in [-0.15, -0.1) is 0 Å². The normalized spacial score (nSPS) is 14.5. The average Bonchev–Trinajstić information content (AvgIpc) is 3.04. The standard InChI is InChI=1S/C26H23N3O3S/c1-17-3-9-20(10-4-17)29(21-11-5-18(2)6-12-21)22-13-7-19(8-14-22)15-23-25(32)28(16-24(30)31)26(33)27-23/h3-15H,16H2,1-2H3,(H,27,33)(H,30,31). The number of carbonyl (C=O) groups is 2. The second-order valence-electron chi connectivity index (χ2n) is 7.87. The van der Waals surface area contributed by atoms with E-state index in [2.05, 4.69) is 72.6 Å². The summed E-state index contributed by atoms with van der Waals surface area (Å²) in [6.07, 6.45) is 1.67. The lowest BCUT2D eigenvalue weighted by Gasteiger charge is -2.26. The highest BCUT2D eigenvalue weighted by molar-refractivity contribution is 7.80. The molecule has 1 aliphatic rings. The predicted octanol–water partition coefficient (Wildman–Crippen LogP) is 4.92. The number of nitrogens with zero attached hydrogens (tertiary/aromatic N) is 2. The van der Waals surface area contributed by atoms with Crippen LogP contribution >= 0.6 is 12.2 Å². The molecule has 1 heterocycles. The van der Waals surface area contributed by atoms with Gasteiger partial charge in [-0.25, -0.2) is 0 Å². The molecule has 0 atom stereocenters. The predicted molar refractivity (Wildman–Crippen MR) is 134 cm³/mol. The summed E-state index contributed by atoms with van der Waals surface area (Å²) in [6.45, 7) is 3.65. The molecule has 33 heavy (non-hydrogen) atoms. The number of hydrogen-bond acceptors (Lipinski definition) is 4. The highest BCUT2D eigenvalue weighted by Gasteiger charge is 2.31. The quantitative estimate of drug-likeness (QED) is 0.405. The van der Waals surface area contributed by atoms with Crippen LogP contribution in [-0.2, 0) is 9.59 Å². The van der Waals surface area contributed by atoms with Gasteiger partial charge < -0.3 is 15.3 Å². The van der Waals surface area contributed by atoms with Crippen molar-refractivity contribution in [2.75, 3.05) is 11.4 Å². The van der Waals surface area contributed by atoms with E-state index in [4.69, 9.17) is 17.3 Å². The molecule has 0 unspecified atom stereocenters. The monoisotopic (exact) mass is 457 g/mol. The molecule has 0 saturated carbocycles. The summed E-state index contributed by atoms with van der Waals surface area (Å²) in [5.74, 6) is -1.57. The fourth-order valence-electron chi connectivity index (χ4n) is 3.57. The zero-order valence-corrected chi connectivity index (χ0v) is 19.1. The highest BCUT2D eigenvalue weighted by Crippen LogP contribution is 2.35. The maximum atomic E-state index is 12.5. The SMILES string of the molecule is Cc1ccc(N(c2ccc(C)cc2)c2ccc(C=C3NC(=S)N(CC(=O)O)C3=O)cc2)cc1. The smallest absolute Gasteiger partial charge is 0.323 e. The minimum absolute atomic E-state index is 0.0928. The molecular weight excluding hydrogens is 434 g/mol. The van der Waals surface area contributed by atoms with Crippen molar-refractivity contribution < 1.29 is 14.7 Å². The van der Waals surface area contributed by atoms with Gasteiger partial charge >= 0.3 is 5.97 Å². The Kier molecular flexibility index (Phi) is 6.24. The molecule has 0 aliphatic carbocycles. The Morgan fingerprint density at radius 2 is 1.36 bits per heavy atom. The van der Waals surface area contributed by atoms with Gasteiger partial charge in [-0.1, -0.05) is 47.5 Å². The van der Waals surface area contributed by atoms with Gasteiger partial charge in [0.25, 0.3) is 5.91 Å². The van der Waals surface area contributed by atoms with Gasteiger partial charge in [-0.05, 0) is 74.1 Å². The van der Waals surface area contributed by atoms with Crippen molar-refractivity contribution in [3.8, 4) is 0 Å². The second kappa shape index (κ2) is 9.26. The molecule has 0 aromatic heterocycles. The zero-order chi connectivity index (χ0) is 23.5. The third-order valence-electron chi connectivity index (χ3n) is 5.30. The number of aryl methyl sites for hydroxylation is 2. The Bertz CT molecular complexity index is 1190. The van der Waals surface area contributed by atoms with Crippen molar-refractivity contribution in [2.45, 2.75) is 13.8 Å². The van der Waals surface area contributed by atoms with Crippen LogP contribution < -0.4 is 10.2 Å². The Balaban J connectivity index is 1.64. The van der Waals surface area contributed by atoms with Crippen LogP contribution in [-0.4, -0.2) is 33.5 Å². The maximum absolute atomic E-state index is 12.5. The van der Waals surface area contributed by atoms with Crippen molar-refractivity contribution >= 4 is 52.3 Å². The minimum atomic E-state index is -1.12. The number of amides is 1. The fourth-order valence-corrected chi connectivity index (χ4v) is 3.83. The van der Waals surface area contributed by atoms with Gasteiger partial charge in [0.1, 0.15) is 12.2 Å². The number of hydrogen-bond donors (Lipinski definition) is 2. The molecule has 1 fully saturated rings. The van der Waals surface area contributed by atoms with E-state index in [1.165, 1.54) is 11.1 Å². The topological polar surface area (TPSA) is 72.9 Å². The molecule has 6 nitrogen and oxygen atoms in total. The second-order valence-corrected chi connectivity index (χ2v) is 8.26. The fraction of sp³-hybridized carbons (Fsp3) is 0.115. The van der Waals surface area contributed by atoms with E-state index in [1.807, 2.05) is 24.3 Å². The van der Waals surface area contributed by atoms with E-state index < -0.39 is 18.4 Å². The summed E-state index contributed by atoms with van der Waals surface area (Å²) < 4.78 is 0. The van der Waals surface area contributed by atoms with E-state index in [9.17, 15) is 9.59 Å². The number of anilines is 3. The molecule has 1 amide bonds. The van der Waals surface area contributed by atoms with Crippen LogP contribution in [0, 0.1) is 13.8 Å². The molecule has 0 radical (unpaired) electrons. The number of aliphatic carboxylic acids is 1. The first-order valence-corrected chi connectivity index (χ1v) is 10.8. The molecule has 1 saturated heterocycles. The first-order chi connectivity index (χ1) is 15.8. The molecule has 1 aliphatic heterocycles. The van der Waals surface area contributed by atoms with Crippen LogP contribution in [0.3, 0.4) is 0 Å². The summed E-state index contributed by atoms with van der Waals surface area (Å²) in [6, 6.07) is 24.5. The number of carbonyl (C=O) groups excluding carboxylic acids is 1. The van der Waals surface area contributed by atoms with E-state index in [1.54, 1.807) is 6.08 Å². The molecule has 2 N–H and O–H groups in total. The van der Waals surface area contributed by atoms with Crippen LogP contribution in [0.4, 0.5) is 17.1 Å². The number of carboxylic acid groups (broad SMARTS) is 1. The van der Waals surface area contributed by atoms with Gasteiger partial charge in [0.2, 0.25) is 0 Å². The van der Waals surface area contributed by atoms with E-state index in [0.29, 0.717) is 0 Å². The van der Waals surface area contributed by atoms with Gasteiger partial charge in [0, 0.05) is 17.1 Å². The molecule has 0 bridgehead atoms. The lowest BCUT2D eigenvalue weighted by Crippen LogP contribution is -2.35. The van der Waals surface area contributed by atoms with Crippen molar-refractivity contribution in [3.05, 3.63) is 95.2 Å². The van der Waals surface area contributed by atoms with Gasteiger partial charge in [0.05, 0.1) is 0 Å². The van der Waals surface area contributed by atoms with Crippen molar-refractivity contribution in [3.63, 3.8) is 0 Å². The lowest BCUT2D eigenvalue weighted by atomic mass is 10.1. The van der Waals surface area contributed by atoms with Gasteiger partial charge in [0.15, 0.2) is 5.11 Å². The molecule has 3 aromatic rings. The van der Waals surface area contributed by atoms with Gasteiger partial charge in [-0.2, -0.15) is 0 Å². The molecule has 0 spiro atoms. The summed E-state index contributed by atoms with van der Waals surface area (Å²) in [5.41, 5.74) is 6.47. The first-order valence-electron chi connectivity index (χ1n) is 10.4. The molecular formula is C26H23N3O3S.